The van der Waals surface area contributed by atoms with Crippen LogP contribution in [0.5, 0.6) is 5.75 Å². The summed E-state index contributed by atoms with van der Waals surface area (Å²) >= 11 is 3.34. The molecular formula is C15H16BrNO2. The number of aliphatic hydroxyl groups excluding tert-OH is 1. The third-order valence-corrected chi connectivity index (χ3v) is 3.58. The van der Waals surface area contributed by atoms with E-state index < -0.39 is 6.10 Å². The number of nitrogens with zero attached hydrogens (tertiary/aromatic N) is 1. The van der Waals surface area contributed by atoms with Crippen molar-refractivity contribution in [3.05, 3.63) is 57.3 Å². The van der Waals surface area contributed by atoms with Gasteiger partial charge in [0.15, 0.2) is 0 Å². The van der Waals surface area contributed by atoms with Crippen molar-refractivity contribution in [2.45, 2.75) is 20.0 Å². The minimum absolute atomic E-state index is 0.635. The van der Waals surface area contributed by atoms with E-state index in [0.29, 0.717) is 5.69 Å². The van der Waals surface area contributed by atoms with Crippen LogP contribution in [0, 0.1) is 13.8 Å². The van der Waals surface area contributed by atoms with Gasteiger partial charge in [-0.15, -0.1) is 0 Å². The highest BCUT2D eigenvalue weighted by Crippen LogP contribution is 2.29. The molecule has 0 radical (unpaired) electrons. The summed E-state index contributed by atoms with van der Waals surface area (Å²) in [5.41, 5.74) is 3.47. The molecule has 0 spiro atoms. The summed E-state index contributed by atoms with van der Waals surface area (Å²) in [6, 6.07) is 7.57. The average Bonchev–Trinajstić information content (AvgIpc) is 2.41. The van der Waals surface area contributed by atoms with Gasteiger partial charge in [0.2, 0.25) is 0 Å². The Labute approximate surface area is 121 Å². The van der Waals surface area contributed by atoms with Crippen LogP contribution in [-0.2, 0) is 0 Å². The van der Waals surface area contributed by atoms with E-state index >= 15 is 0 Å². The van der Waals surface area contributed by atoms with Crippen molar-refractivity contribution < 1.29 is 9.84 Å². The van der Waals surface area contributed by atoms with E-state index in [1.54, 1.807) is 13.3 Å². The molecule has 1 aromatic heterocycles. The number of halogens is 1. The van der Waals surface area contributed by atoms with Gasteiger partial charge < -0.3 is 9.84 Å². The fraction of sp³-hybridized carbons (Fsp3) is 0.267. The highest BCUT2D eigenvalue weighted by Gasteiger charge is 2.16. The van der Waals surface area contributed by atoms with Gasteiger partial charge in [-0.05, 0) is 70.7 Å². The molecule has 0 saturated heterocycles. The average molecular weight is 322 g/mol. The zero-order valence-electron chi connectivity index (χ0n) is 11.1. The number of rotatable bonds is 3. The first-order valence-electron chi connectivity index (χ1n) is 5.97. The Hall–Kier alpha value is -1.39. The molecule has 1 N–H and O–H groups in total. The smallest absolute Gasteiger partial charge is 0.122 e. The normalized spacial score (nSPS) is 12.3. The predicted molar refractivity (Wildman–Crippen MR) is 78.5 cm³/mol. The Kier molecular flexibility index (Phi) is 4.22. The van der Waals surface area contributed by atoms with Crippen LogP contribution >= 0.6 is 15.9 Å². The molecular weight excluding hydrogens is 306 g/mol. The Morgan fingerprint density at radius 2 is 1.95 bits per heavy atom. The van der Waals surface area contributed by atoms with Crippen molar-refractivity contribution in [2.24, 2.45) is 0 Å². The number of aromatic nitrogens is 1. The number of hydrogen-bond acceptors (Lipinski definition) is 3. The molecule has 0 fully saturated rings. The first-order chi connectivity index (χ1) is 9.02. The maximum atomic E-state index is 10.4. The molecule has 1 unspecified atom stereocenters. The van der Waals surface area contributed by atoms with E-state index in [1.807, 2.05) is 38.1 Å². The molecule has 0 aliphatic heterocycles. The second-order valence-electron chi connectivity index (χ2n) is 4.48. The molecule has 2 rings (SSSR count). The summed E-state index contributed by atoms with van der Waals surface area (Å²) in [7, 11) is 1.65. The summed E-state index contributed by atoms with van der Waals surface area (Å²) in [6.45, 7) is 3.92. The number of methoxy groups -OCH3 is 1. The monoisotopic (exact) mass is 321 g/mol. The quantitative estimate of drug-likeness (QED) is 0.940. The SMILES string of the molecule is COc1cc(C)c(C(O)c2ccc(Br)cn2)cc1C. The minimum Gasteiger partial charge on any atom is -0.496 e. The summed E-state index contributed by atoms with van der Waals surface area (Å²) in [5.74, 6) is 0.831. The van der Waals surface area contributed by atoms with Crippen molar-refractivity contribution >= 4 is 15.9 Å². The van der Waals surface area contributed by atoms with Crippen LogP contribution in [0.1, 0.15) is 28.5 Å². The molecule has 2 aromatic rings. The molecule has 19 heavy (non-hydrogen) atoms. The molecule has 1 aromatic carbocycles. The van der Waals surface area contributed by atoms with Gasteiger partial charge in [-0.3, -0.25) is 4.98 Å². The van der Waals surface area contributed by atoms with Gasteiger partial charge in [-0.2, -0.15) is 0 Å². The standard InChI is InChI=1S/C15H16BrNO2/c1-9-7-14(19-3)10(2)6-12(9)15(18)13-5-4-11(16)8-17-13/h4-8,15,18H,1-3H3. The van der Waals surface area contributed by atoms with Crippen molar-refractivity contribution in [3.63, 3.8) is 0 Å². The molecule has 100 valence electrons. The van der Waals surface area contributed by atoms with Gasteiger partial charge in [-0.1, -0.05) is 0 Å². The van der Waals surface area contributed by atoms with Gasteiger partial charge in [0.05, 0.1) is 12.8 Å². The van der Waals surface area contributed by atoms with E-state index in [4.69, 9.17) is 4.74 Å². The lowest BCUT2D eigenvalue weighted by atomic mass is 9.98. The highest BCUT2D eigenvalue weighted by molar-refractivity contribution is 9.10. The van der Waals surface area contributed by atoms with Gasteiger partial charge in [-0.25, -0.2) is 0 Å². The summed E-state index contributed by atoms with van der Waals surface area (Å²) in [5, 5.41) is 10.4. The molecule has 0 saturated carbocycles. The molecule has 0 bridgehead atoms. The van der Waals surface area contributed by atoms with Crippen molar-refractivity contribution in [2.75, 3.05) is 7.11 Å². The van der Waals surface area contributed by atoms with Crippen molar-refractivity contribution in [1.29, 1.82) is 0 Å². The molecule has 4 heteroatoms. The van der Waals surface area contributed by atoms with Gasteiger partial charge in [0, 0.05) is 10.7 Å². The summed E-state index contributed by atoms with van der Waals surface area (Å²) in [6.07, 6.45) is 0.960. The second kappa shape index (κ2) is 5.72. The first kappa shape index (κ1) is 14.0. The molecule has 0 aliphatic rings. The Morgan fingerprint density at radius 3 is 2.53 bits per heavy atom. The van der Waals surface area contributed by atoms with Crippen LogP contribution in [0.4, 0.5) is 0 Å². The van der Waals surface area contributed by atoms with Gasteiger partial charge in [0.1, 0.15) is 11.9 Å². The van der Waals surface area contributed by atoms with Gasteiger partial charge in [0.25, 0.3) is 0 Å². The lowest BCUT2D eigenvalue weighted by molar-refractivity contribution is 0.214. The Bertz CT molecular complexity index is 581. The Morgan fingerprint density at radius 1 is 1.21 bits per heavy atom. The largest absolute Gasteiger partial charge is 0.496 e. The predicted octanol–water partition coefficient (Wildman–Crippen LogP) is 3.55. The lowest BCUT2D eigenvalue weighted by Crippen LogP contribution is -2.05. The van der Waals surface area contributed by atoms with E-state index in [-0.39, 0.29) is 0 Å². The first-order valence-corrected chi connectivity index (χ1v) is 6.77. The minimum atomic E-state index is -0.724. The van der Waals surface area contributed by atoms with E-state index in [1.165, 1.54) is 0 Å². The van der Waals surface area contributed by atoms with Crippen LogP contribution in [-0.4, -0.2) is 17.2 Å². The summed E-state index contributed by atoms with van der Waals surface area (Å²) < 4.78 is 6.17. The molecule has 1 atom stereocenters. The second-order valence-corrected chi connectivity index (χ2v) is 5.40. The highest BCUT2D eigenvalue weighted by atomic mass is 79.9. The maximum absolute atomic E-state index is 10.4. The molecule has 0 aliphatic carbocycles. The fourth-order valence-corrected chi connectivity index (χ4v) is 2.27. The van der Waals surface area contributed by atoms with E-state index in [0.717, 1.165) is 26.9 Å². The number of pyridine rings is 1. The molecule has 0 amide bonds. The van der Waals surface area contributed by atoms with Crippen LogP contribution in [0.25, 0.3) is 0 Å². The third kappa shape index (κ3) is 2.96. The van der Waals surface area contributed by atoms with Gasteiger partial charge >= 0.3 is 0 Å². The maximum Gasteiger partial charge on any atom is 0.122 e. The third-order valence-electron chi connectivity index (χ3n) is 3.11. The molecule has 3 nitrogen and oxygen atoms in total. The zero-order valence-corrected chi connectivity index (χ0v) is 12.7. The van der Waals surface area contributed by atoms with Crippen LogP contribution in [0.15, 0.2) is 34.9 Å². The summed E-state index contributed by atoms with van der Waals surface area (Å²) in [4.78, 5) is 4.24. The molecule has 1 heterocycles. The number of ether oxygens (including phenoxy) is 1. The van der Waals surface area contributed by atoms with E-state index in [9.17, 15) is 5.11 Å². The zero-order chi connectivity index (χ0) is 14.0. The van der Waals surface area contributed by atoms with Crippen LogP contribution in [0.3, 0.4) is 0 Å². The van der Waals surface area contributed by atoms with E-state index in [2.05, 4.69) is 20.9 Å². The van der Waals surface area contributed by atoms with Crippen molar-refractivity contribution in [1.82, 2.24) is 4.98 Å². The number of aryl methyl sites for hydroxylation is 2. The van der Waals surface area contributed by atoms with Crippen molar-refractivity contribution in [3.8, 4) is 5.75 Å². The van der Waals surface area contributed by atoms with Crippen LogP contribution in [0.2, 0.25) is 0 Å². The number of benzene rings is 1. The Balaban J connectivity index is 2.41. The fourth-order valence-electron chi connectivity index (χ4n) is 2.03. The topological polar surface area (TPSA) is 42.4 Å². The number of aliphatic hydroxyl groups is 1. The van der Waals surface area contributed by atoms with Crippen LogP contribution < -0.4 is 4.74 Å². The number of hydrogen-bond donors (Lipinski definition) is 1. The lowest BCUT2D eigenvalue weighted by Gasteiger charge is -2.16.